The maximum atomic E-state index is 9.93. The van der Waals surface area contributed by atoms with E-state index in [9.17, 15) is 5.11 Å². The van der Waals surface area contributed by atoms with E-state index < -0.39 is 0 Å². The molecule has 0 aliphatic carbocycles. The number of likely N-dealkylation sites (tertiary alicyclic amines) is 1. The number of anilines is 1. The van der Waals surface area contributed by atoms with Crippen LogP contribution in [0.5, 0.6) is 0 Å². The van der Waals surface area contributed by atoms with E-state index in [4.69, 9.17) is 9.41 Å². The van der Waals surface area contributed by atoms with Crippen LogP contribution in [0.4, 0.5) is 5.69 Å². The highest BCUT2D eigenvalue weighted by molar-refractivity contribution is 5.80. The molecule has 1 aromatic heterocycles. The molecule has 0 amide bonds. The van der Waals surface area contributed by atoms with Crippen LogP contribution in [0.2, 0.25) is 0 Å². The maximum Gasteiger partial charge on any atom is 0.193 e. The summed E-state index contributed by atoms with van der Waals surface area (Å²) in [7, 11) is 2.12. The number of furan rings is 1. The highest BCUT2D eigenvalue weighted by Crippen LogP contribution is 2.19. The number of hydrogen-bond donors (Lipinski definition) is 2. The fourth-order valence-electron chi connectivity index (χ4n) is 3.70. The highest BCUT2D eigenvalue weighted by atomic mass is 16.3. The molecular weight excluding hydrogens is 364 g/mol. The highest BCUT2D eigenvalue weighted by Gasteiger charge is 2.27. The fraction of sp³-hybridized carbons (Fsp3) is 0.522. The molecule has 29 heavy (non-hydrogen) atoms. The molecule has 1 aliphatic heterocycles. The smallest absolute Gasteiger partial charge is 0.193 e. The number of nitrogens with one attached hydrogen (secondary N) is 1. The first-order valence-electron chi connectivity index (χ1n) is 10.6. The van der Waals surface area contributed by atoms with Crippen molar-refractivity contribution in [2.45, 2.75) is 32.3 Å². The molecule has 0 bridgehead atoms. The molecule has 1 saturated heterocycles. The van der Waals surface area contributed by atoms with Gasteiger partial charge in [-0.1, -0.05) is 18.2 Å². The van der Waals surface area contributed by atoms with E-state index in [-0.39, 0.29) is 6.10 Å². The number of aliphatic hydroxyl groups is 1. The molecule has 1 fully saturated rings. The second kappa shape index (κ2) is 10.9. The number of guanidine groups is 1. The normalized spacial score (nSPS) is 18.1. The molecule has 2 aromatic rings. The van der Waals surface area contributed by atoms with Gasteiger partial charge in [-0.3, -0.25) is 4.99 Å². The Kier molecular flexibility index (Phi) is 7.99. The van der Waals surface area contributed by atoms with Crippen LogP contribution in [-0.2, 0) is 6.42 Å². The molecule has 2 atom stereocenters. The van der Waals surface area contributed by atoms with Gasteiger partial charge < -0.3 is 24.6 Å². The van der Waals surface area contributed by atoms with E-state index >= 15 is 0 Å². The third kappa shape index (κ3) is 6.53. The first-order valence-corrected chi connectivity index (χ1v) is 10.6. The van der Waals surface area contributed by atoms with Crippen molar-refractivity contribution < 1.29 is 9.52 Å². The average molecular weight is 399 g/mol. The summed E-state index contributed by atoms with van der Waals surface area (Å²) < 4.78 is 5.42. The number of para-hydroxylation sites is 1. The molecule has 158 valence electrons. The molecule has 0 radical (unpaired) electrons. The summed E-state index contributed by atoms with van der Waals surface area (Å²) >= 11 is 0. The van der Waals surface area contributed by atoms with Gasteiger partial charge in [-0.05, 0) is 44.0 Å². The van der Waals surface area contributed by atoms with Gasteiger partial charge in [0.1, 0.15) is 5.76 Å². The first-order chi connectivity index (χ1) is 14.1. The van der Waals surface area contributed by atoms with Crippen molar-refractivity contribution in [2.24, 2.45) is 10.9 Å². The number of hydrogen-bond acceptors (Lipinski definition) is 4. The summed E-state index contributed by atoms with van der Waals surface area (Å²) in [6.45, 7) is 6.20. The topological polar surface area (TPSA) is 64.2 Å². The summed E-state index contributed by atoms with van der Waals surface area (Å²) in [4.78, 5) is 9.42. The van der Waals surface area contributed by atoms with Crippen molar-refractivity contribution >= 4 is 11.6 Å². The van der Waals surface area contributed by atoms with Crippen LogP contribution in [0.25, 0.3) is 0 Å². The minimum absolute atomic E-state index is 0.274. The Morgan fingerprint density at radius 1 is 1.31 bits per heavy atom. The Hall–Kier alpha value is -2.47. The van der Waals surface area contributed by atoms with Crippen LogP contribution in [0.3, 0.4) is 0 Å². The zero-order valence-electron chi connectivity index (χ0n) is 17.6. The van der Waals surface area contributed by atoms with Crippen LogP contribution in [0.15, 0.2) is 58.1 Å². The molecule has 0 spiro atoms. The third-order valence-corrected chi connectivity index (χ3v) is 5.55. The maximum absolute atomic E-state index is 9.93. The standard InChI is InChI=1S/C23H34N4O2/c1-19(28)20-12-16-27(18-20)23(25-14-11-22-10-6-17-29-22)24-13-7-15-26(2)21-8-4-3-5-9-21/h3-6,8-10,17,19-20,28H,7,11-16,18H2,1-2H3,(H,24,25). The molecule has 1 aromatic carbocycles. The van der Waals surface area contributed by atoms with E-state index in [0.29, 0.717) is 5.92 Å². The van der Waals surface area contributed by atoms with Crippen LogP contribution < -0.4 is 10.2 Å². The molecule has 2 heterocycles. The summed E-state index contributed by atoms with van der Waals surface area (Å²) in [5, 5.41) is 13.4. The van der Waals surface area contributed by atoms with Gasteiger partial charge in [0.05, 0.1) is 12.4 Å². The van der Waals surface area contributed by atoms with Crippen LogP contribution in [0, 0.1) is 5.92 Å². The van der Waals surface area contributed by atoms with E-state index in [1.165, 1.54) is 5.69 Å². The number of nitrogens with zero attached hydrogens (tertiary/aromatic N) is 3. The Bertz CT molecular complexity index is 731. The fourth-order valence-corrected chi connectivity index (χ4v) is 3.70. The Balaban J connectivity index is 1.51. The van der Waals surface area contributed by atoms with Gasteiger partial charge in [-0.15, -0.1) is 0 Å². The Morgan fingerprint density at radius 3 is 2.83 bits per heavy atom. The summed E-state index contributed by atoms with van der Waals surface area (Å²) in [6, 6.07) is 14.3. The predicted octanol–water partition coefficient (Wildman–Crippen LogP) is 3.00. The van der Waals surface area contributed by atoms with Gasteiger partial charge in [0, 0.05) is 57.8 Å². The van der Waals surface area contributed by atoms with Crippen LogP contribution in [0.1, 0.15) is 25.5 Å². The lowest BCUT2D eigenvalue weighted by Crippen LogP contribution is -2.41. The van der Waals surface area contributed by atoms with Gasteiger partial charge >= 0.3 is 0 Å². The molecule has 6 nitrogen and oxygen atoms in total. The molecule has 0 saturated carbocycles. The SMILES string of the molecule is CC(O)C1CCN(C(=NCCCN(C)c2ccccc2)NCCc2ccco2)C1. The predicted molar refractivity (Wildman–Crippen MR) is 118 cm³/mol. The van der Waals surface area contributed by atoms with E-state index in [0.717, 1.165) is 63.7 Å². The average Bonchev–Trinajstić information content (AvgIpc) is 3.42. The molecule has 3 rings (SSSR count). The molecule has 1 aliphatic rings. The summed E-state index contributed by atoms with van der Waals surface area (Å²) in [6.07, 6.45) is 4.26. The van der Waals surface area contributed by atoms with Crippen molar-refractivity contribution in [3.63, 3.8) is 0 Å². The van der Waals surface area contributed by atoms with Crippen molar-refractivity contribution in [3.8, 4) is 0 Å². The van der Waals surface area contributed by atoms with E-state index in [1.807, 2.05) is 25.1 Å². The number of benzene rings is 1. The molecule has 2 N–H and O–H groups in total. The second-order valence-electron chi connectivity index (χ2n) is 7.81. The van der Waals surface area contributed by atoms with Gasteiger partial charge in [0.2, 0.25) is 0 Å². The van der Waals surface area contributed by atoms with Gasteiger partial charge in [0.25, 0.3) is 0 Å². The largest absolute Gasteiger partial charge is 0.469 e. The molecular formula is C23H34N4O2. The number of rotatable bonds is 9. The van der Waals surface area contributed by atoms with Crippen molar-refractivity contribution in [1.82, 2.24) is 10.2 Å². The summed E-state index contributed by atoms with van der Waals surface area (Å²) in [5.41, 5.74) is 1.23. The lowest BCUT2D eigenvalue weighted by molar-refractivity contribution is 0.132. The molecule has 6 heteroatoms. The lowest BCUT2D eigenvalue weighted by atomic mass is 10.0. The van der Waals surface area contributed by atoms with Crippen LogP contribution in [-0.4, -0.2) is 61.8 Å². The van der Waals surface area contributed by atoms with Crippen molar-refractivity contribution in [3.05, 3.63) is 54.5 Å². The second-order valence-corrected chi connectivity index (χ2v) is 7.81. The summed E-state index contributed by atoms with van der Waals surface area (Å²) in [5.74, 6) is 2.24. The minimum atomic E-state index is -0.274. The zero-order valence-corrected chi connectivity index (χ0v) is 17.6. The van der Waals surface area contributed by atoms with Crippen molar-refractivity contribution in [2.75, 3.05) is 44.7 Å². The third-order valence-electron chi connectivity index (χ3n) is 5.55. The van der Waals surface area contributed by atoms with E-state index in [1.54, 1.807) is 6.26 Å². The first kappa shape index (κ1) is 21.2. The number of aliphatic imine (C=N–C) groups is 1. The zero-order chi connectivity index (χ0) is 20.5. The Morgan fingerprint density at radius 2 is 2.14 bits per heavy atom. The van der Waals surface area contributed by atoms with Gasteiger partial charge in [-0.2, -0.15) is 0 Å². The quantitative estimate of drug-likeness (QED) is 0.386. The van der Waals surface area contributed by atoms with Crippen LogP contribution >= 0.6 is 0 Å². The van der Waals surface area contributed by atoms with E-state index in [2.05, 4.69) is 46.4 Å². The lowest BCUT2D eigenvalue weighted by Gasteiger charge is -2.23. The van der Waals surface area contributed by atoms with Crippen molar-refractivity contribution in [1.29, 1.82) is 0 Å². The monoisotopic (exact) mass is 398 g/mol. The molecule has 2 unspecified atom stereocenters. The Labute approximate surface area is 174 Å². The van der Waals surface area contributed by atoms with Gasteiger partial charge in [-0.25, -0.2) is 0 Å². The minimum Gasteiger partial charge on any atom is -0.469 e. The van der Waals surface area contributed by atoms with Gasteiger partial charge in [0.15, 0.2) is 5.96 Å². The number of aliphatic hydroxyl groups excluding tert-OH is 1.